The molecular formula is C15H20N4OS. The van der Waals surface area contributed by atoms with Gasteiger partial charge in [0.2, 0.25) is 11.1 Å². The first-order valence-electron chi connectivity index (χ1n) is 7.08. The van der Waals surface area contributed by atoms with Crippen LogP contribution in [0.2, 0.25) is 0 Å². The number of amides is 1. The Bertz CT molecular complexity index is 580. The Kier molecular flexibility index (Phi) is 5.38. The Morgan fingerprint density at radius 3 is 2.57 bits per heavy atom. The number of carbonyl (C=O) groups is 1. The van der Waals surface area contributed by atoms with E-state index in [0.717, 1.165) is 18.8 Å². The van der Waals surface area contributed by atoms with Crippen LogP contribution in [0.5, 0.6) is 0 Å². The molecule has 0 aliphatic carbocycles. The molecule has 1 unspecified atom stereocenters. The second-order valence-corrected chi connectivity index (χ2v) is 5.89. The van der Waals surface area contributed by atoms with Gasteiger partial charge in [0.1, 0.15) is 6.33 Å². The van der Waals surface area contributed by atoms with E-state index in [1.165, 1.54) is 11.8 Å². The lowest BCUT2D eigenvalue weighted by molar-refractivity contribution is -0.129. The highest BCUT2D eigenvalue weighted by molar-refractivity contribution is 8.00. The van der Waals surface area contributed by atoms with Gasteiger partial charge in [0.25, 0.3) is 0 Å². The summed E-state index contributed by atoms with van der Waals surface area (Å²) in [5.41, 5.74) is 0.958. The fraction of sp³-hybridized carbons (Fsp3) is 0.400. The average molecular weight is 304 g/mol. The molecular weight excluding hydrogens is 284 g/mol. The summed E-state index contributed by atoms with van der Waals surface area (Å²) >= 11 is 1.39. The molecule has 0 spiro atoms. The molecule has 5 nitrogen and oxygen atoms in total. The molecule has 2 rings (SSSR count). The van der Waals surface area contributed by atoms with Gasteiger partial charge in [-0.1, -0.05) is 30.0 Å². The maximum absolute atomic E-state index is 12.2. The molecule has 112 valence electrons. The maximum Gasteiger partial charge on any atom is 0.235 e. The minimum Gasteiger partial charge on any atom is -0.342 e. The van der Waals surface area contributed by atoms with Crippen LogP contribution in [0.1, 0.15) is 20.8 Å². The van der Waals surface area contributed by atoms with Crippen LogP contribution < -0.4 is 0 Å². The van der Waals surface area contributed by atoms with E-state index in [9.17, 15) is 4.79 Å². The van der Waals surface area contributed by atoms with Gasteiger partial charge in [0.15, 0.2) is 0 Å². The predicted molar refractivity (Wildman–Crippen MR) is 84.6 cm³/mol. The zero-order valence-corrected chi connectivity index (χ0v) is 13.4. The molecule has 21 heavy (non-hydrogen) atoms. The normalized spacial score (nSPS) is 12.1. The second-order valence-electron chi connectivity index (χ2n) is 4.58. The molecule has 0 N–H and O–H groups in total. The number of carbonyl (C=O) groups excluding carboxylic acids is 1. The first kappa shape index (κ1) is 15.6. The van der Waals surface area contributed by atoms with Gasteiger partial charge in [-0.2, -0.15) is 0 Å². The smallest absolute Gasteiger partial charge is 0.235 e. The molecule has 0 aliphatic rings. The van der Waals surface area contributed by atoms with E-state index in [1.807, 2.05) is 56.0 Å². The molecule has 0 radical (unpaired) electrons. The van der Waals surface area contributed by atoms with Gasteiger partial charge in [-0.05, 0) is 32.9 Å². The van der Waals surface area contributed by atoms with Gasteiger partial charge in [-0.25, -0.2) is 9.67 Å². The van der Waals surface area contributed by atoms with Crippen LogP contribution in [0, 0.1) is 0 Å². The molecule has 2 aromatic rings. The molecule has 0 aliphatic heterocycles. The third-order valence-electron chi connectivity index (χ3n) is 3.20. The Labute approximate surface area is 129 Å². The van der Waals surface area contributed by atoms with E-state index in [-0.39, 0.29) is 11.2 Å². The average Bonchev–Trinajstić information content (AvgIpc) is 2.97. The summed E-state index contributed by atoms with van der Waals surface area (Å²) in [6, 6.07) is 9.80. The fourth-order valence-corrected chi connectivity index (χ4v) is 2.82. The molecule has 1 heterocycles. The lowest BCUT2D eigenvalue weighted by Gasteiger charge is -2.21. The maximum atomic E-state index is 12.2. The Morgan fingerprint density at radius 2 is 1.95 bits per heavy atom. The van der Waals surface area contributed by atoms with Crippen LogP contribution in [-0.4, -0.2) is 43.9 Å². The van der Waals surface area contributed by atoms with Crippen molar-refractivity contribution in [3.63, 3.8) is 0 Å². The Balaban J connectivity index is 2.04. The molecule has 1 amide bonds. The number of hydrogen-bond donors (Lipinski definition) is 0. The highest BCUT2D eigenvalue weighted by atomic mass is 32.2. The molecule has 0 bridgehead atoms. The number of aromatic nitrogens is 3. The minimum atomic E-state index is -0.184. The van der Waals surface area contributed by atoms with E-state index < -0.39 is 0 Å². The monoisotopic (exact) mass is 304 g/mol. The van der Waals surface area contributed by atoms with Gasteiger partial charge < -0.3 is 4.90 Å². The molecule has 0 saturated carbocycles. The Hall–Kier alpha value is -1.82. The fourth-order valence-electron chi connectivity index (χ4n) is 2.01. The summed E-state index contributed by atoms with van der Waals surface area (Å²) in [7, 11) is 0. The van der Waals surface area contributed by atoms with Gasteiger partial charge in [0, 0.05) is 13.1 Å². The van der Waals surface area contributed by atoms with Crippen LogP contribution in [0.4, 0.5) is 0 Å². The topological polar surface area (TPSA) is 51.0 Å². The van der Waals surface area contributed by atoms with Gasteiger partial charge in [0.05, 0.1) is 10.9 Å². The summed E-state index contributed by atoms with van der Waals surface area (Å²) in [5, 5.41) is 4.85. The zero-order valence-electron chi connectivity index (χ0n) is 12.6. The summed E-state index contributed by atoms with van der Waals surface area (Å²) in [6.07, 6.45) is 1.67. The number of nitrogens with zero attached hydrogens (tertiary/aromatic N) is 4. The zero-order chi connectivity index (χ0) is 15.2. The molecule has 0 saturated heterocycles. The number of hydrogen-bond acceptors (Lipinski definition) is 4. The Morgan fingerprint density at radius 1 is 1.29 bits per heavy atom. The number of rotatable bonds is 6. The standard InChI is InChI=1S/C15H20N4OS/c1-4-18(5-2)14(20)12(3)21-15-16-11-19(17-15)13-9-7-6-8-10-13/h6-12H,4-5H2,1-3H3. The van der Waals surface area contributed by atoms with Gasteiger partial charge in [-0.15, -0.1) is 5.10 Å². The van der Waals surface area contributed by atoms with Crippen LogP contribution >= 0.6 is 11.8 Å². The lowest BCUT2D eigenvalue weighted by atomic mass is 10.3. The first-order chi connectivity index (χ1) is 10.2. The number of thioether (sulfide) groups is 1. The van der Waals surface area contributed by atoms with Crippen molar-refractivity contribution in [3.8, 4) is 5.69 Å². The molecule has 1 aromatic carbocycles. The molecule has 6 heteroatoms. The van der Waals surface area contributed by atoms with Gasteiger partial charge >= 0.3 is 0 Å². The van der Waals surface area contributed by atoms with E-state index >= 15 is 0 Å². The van der Waals surface area contributed by atoms with E-state index in [2.05, 4.69) is 10.1 Å². The minimum absolute atomic E-state index is 0.126. The van der Waals surface area contributed by atoms with E-state index in [0.29, 0.717) is 5.16 Å². The quantitative estimate of drug-likeness (QED) is 0.770. The van der Waals surface area contributed by atoms with Crippen molar-refractivity contribution in [2.24, 2.45) is 0 Å². The highest BCUT2D eigenvalue weighted by Crippen LogP contribution is 2.21. The van der Waals surface area contributed by atoms with Crippen LogP contribution in [-0.2, 0) is 4.79 Å². The third kappa shape index (κ3) is 3.85. The third-order valence-corrected chi connectivity index (χ3v) is 4.15. The van der Waals surface area contributed by atoms with Crippen LogP contribution in [0.25, 0.3) is 5.69 Å². The van der Waals surface area contributed by atoms with Crippen LogP contribution in [0.15, 0.2) is 41.8 Å². The first-order valence-corrected chi connectivity index (χ1v) is 7.96. The van der Waals surface area contributed by atoms with Crippen molar-refractivity contribution in [1.82, 2.24) is 19.7 Å². The molecule has 0 fully saturated rings. The van der Waals surface area contributed by atoms with E-state index in [4.69, 9.17) is 0 Å². The summed E-state index contributed by atoms with van der Waals surface area (Å²) < 4.78 is 1.72. The number of para-hydroxylation sites is 1. The lowest BCUT2D eigenvalue weighted by Crippen LogP contribution is -2.36. The van der Waals surface area contributed by atoms with Crippen molar-refractivity contribution in [2.75, 3.05) is 13.1 Å². The molecule has 1 atom stereocenters. The van der Waals surface area contributed by atoms with Crippen molar-refractivity contribution in [3.05, 3.63) is 36.7 Å². The van der Waals surface area contributed by atoms with Gasteiger partial charge in [-0.3, -0.25) is 4.79 Å². The summed E-state index contributed by atoms with van der Waals surface area (Å²) in [6.45, 7) is 7.33. The largest absolute Gasteiger partial charge is 0.342 e. The van der Waals surface area contributed by atoms with Crippen molar-refractivity contribution >= 4 is 17.7 Å². The predicted octanol–water partition coefficient (Wildman–Crippen LogP) is 2.62. The highest BCUT2D eigenvalue weighted by Gasteiger charge is 2.20. The SMILES string of the molecule is CCN(CC)C(=O)C(C)Sc1ncn(-c2ccccc2)n1. The van der Waals surface area contributed by atoms with Crippen LogP contribution in [0.3, 0.4) is 0 Å². The molecule has 1 aromatic heterocycles. The van der Waals surface area contributed by atoms with E-state index in [1.54, 1.807) is 11.0 Å². The summed E-state index contributed by atoms with van der Waals surface area (Å²) in [4.78, 5) is 18.3. The summed E-state index contributed by atoms with van der Waals surface area (Å²) in [5.74, 6) is 0.126. The van der Waals surface area contributed by atoms with Crippen molar-refractivity contribution in [2.45, 2.75) is 31.2 Å². The van der Waals surface area contributed by atoms with Crippen molar-refractivity contribution in [1.29, 1.82) is 0 Å². The second kappa shape index (κ2) is 7.26. The van der Waals surface area contributed by atoms with Crippen molar-refractivity contribution < 1.29 is 4.79 Å². The number of benzene rings is 1.